The topological polar surface area (TPSA) is 55.9 Å². The molecule has 0 bridgehead atoms. The standard InChI is InChI=1S/C23H34N4O2.ClH/c28-22(7-6-19-4-2-1-3-5-19)26-13-8-20(9-14-26)23(29)27-15-10-21(18-27)25-16-11-24-12-17-25;/h1-5,20-21,24H,6-18H2;1H. The largest absolute Gasteiger partial charge is 0.343 e. The lowest BCUT2D eigenvalue weighted by Crippen LogP contribution is -2.50. The third-order valence-corrected chi connectivity index (χ3v) is 6.81. The number of aryl methyl sites for hydroxylation is 1. The minimum Gasteiger partial charge on any atom is -0.343 e. The first kappa shape index (κ1) is 23.0. The zero-order valence-corrected chi connectivity index (χ0v) is 18.6. The van der Waals surface area contributed by atoms with E-state index in [1.807, 2.05) is 23.1 Å². The maximum Gasteiger partial charge on any atom is 0.225 e. The molecule has 0 aromatic heterocycles. The van der Waals surface area contributed by atoms with Gasteiger partial charge in [0, 0.05) is 70.7 Å². The van der Waals surface area contributed by atoms with Gasteiger partial charge in [0.15, 0.2) is 0 Å². The van der Waals surface area contributed by atoms with E-state index in [9.17, 15) is 9.59 Å². The first-order chi connectivity index (χ1) is 14.2. The lowest BCUT2D eigenvalue weighted by atomic mass is 9.95. The molecule has 7 heteroatoms. The molecule has 0 aliphatic carbocycles. The fraction of sp³-hybridized carbons (Fsp3) is 0.652. The van der Waals surface area contributed by atoms with Gasteiger partial charge in [0.05, 0.1) is 0 Å². The van der Waals surface area contributed by atoms with Gasteiger partial charge in [-0.3, -0.25) is 14.5 Å². The van der Waals surface area contributed by atoms with Crippen molar-refractivity contribution >= 4 is 24.2 Å². The van der Waals surface area contributed by atoms with E-state index in [1.54, 1.807) is 0 Å². The van der Waals surface area contributed by atoms with Gasteiger partial charge in [0.1, 0.15) is 0 Å². The minimum absolute atomic E-state index is 0. The van der Waals surface area contributed by atoms with Crippen LogP contribution in [0.15, 0.2) is 30.3 Å². The third-order valence-electron chi connectivity index (χ3n) is 6.81. The van der Waals surface area contributed by atoms with Crippen molar-refractivity contribution in [2.45, 2.75) is 38.1 Å². The molecule has 2 amide bonds. The number of amides is 2. The Kier molecular flexibility index (Phi) is 8.54. The number of nitrogens with zero attached hydrogens (tertiary/aromatic N) is 3. The number of piperazine rings is 1. The van der Waals surface area contributed by atoms with Gasteiger partial charge < -0.3 is 15.1 Å². The average Bonchev–Trinajstić information content (AvgIpc) is 3.29. The van der Waals surface area contributed by atoms with Crippen molar-refractivity contribution in [3.8, 4) is 0 Å². The van der Waals surface area contributed by atoms with E-state index in [1.165, 1.54) is 5.56 Å². The molecule has 1 aromatic rings. The van der Waals surface area contributed by atoms with Crippen molar-refractivity contribution in [1.29, 1.82) is 0 Å². The second-order valence-electron chi connectivity index (χ2n) is 8.65. The summed E-state index contributed by atoms with van der Waals surface area (Å²) in [6, 6.07) is 10.7. The van der Waals surface area contributed by atoms with Gasteiger partial charge in [0.2, 0.25) is 11.8 Å². The van der Waals surface area contributed by atoms with Crippen LogP contribution in [0.1, 0.15) is 31.2 Å². The molecule has 3 aliphatic rings. The van der Waals surface area contributed by atoms with E-state index in [0.717, 1.165) is 78.0 Å². The number of carbonyl (C=O) groups excluding carboxylic acids is 2. The van der Waals surface area contributed by atoms with Crippen LogP contribution in [0.3, 0.4) is 0 Å². The zero-order chi connectivity index (χ0) is 20.1. The quantitative estimate of drug-likeness (QED) is 0.767. The molecule has 3 fully saturated rings. The molecule has 3 aliphatic heterocycles. The van der Waals surface area contributed by atoms with Crippen molar-refractivity contribution in [3.05, 3.63) is 35.9 Å². The number of hydrogen-bond donors (Lipinski definition) is 1. The van der Waals surface area contributed by atoms with E-state index in [2.05, 4.69) is 27.2 Å². The van der Waals surface area contributed by atoms with E-state index >= 15 is 0 Å². The highest BCUT2D eigenvalue weighted by Crippen LogP contribution is 2.24. The highest BCUT2D eigenvalue weighted by molar-refractivity contribution is 5.85. The van der Waals surface area contributed by atoms with Gasteiger partial charge in [0.25, 0.3) is 0 Å². The number of hydrogen-bond acceptors (Lipinski definition) is 4. The summed E-state index contributed by atoms with van der Waals surface area (Å²) >= 11 is 0. The number of benzene rings is 1. The van der Waals surface area contributed by atoms with Gasteiger partial charge in [-0.25, -0.2) is 0 Å². The van der Waals surface area contributed by atoms with Crippen LogP contribution in [-0.2, 0) is 16.0 Å². The Morgan fingerprint density at radius 3 is 2.27 bits per heavy atom. The molecule has 166 valence electrons. The maximum absolute atomic E-state index is 13.0. The molecule has 3 heterocycles. The van der Waals surface area contributed by atoms with Crippen LogP contribution in [0.25, 0.3) is 0 Å². The van der Waals surface area contributed by atoms with Crippen LogP contribution in [0, 0.1) is 5.92 Å². The average molecular weight is 435 g/mol. The van der Waals surface area contributed by atoms with Crippen LogP contribution < -0.4 is 5.32 Å². The monoisotopic (exact) mass is 434 g/mol. The molecule has 1 unspecified atom stereocenters. The van der Waals surface area contributed by atoms with Crippen LogP contribution >= 0.6 is 12.4 Å². The van der Waals surface area contributed by atoms with Crippen molar-refractivity contribution in [2.24, 2.45) is 5.92 Å². The highest BCUT2D eigenvalue weighted by atomic mass is 35.5. The SMILES string of the molecule is Cl.O=C(CCc1ccccc1)N1CCC(C(=O)N2CCC(N3CCNCC3)C2)CC1. The van der Waals surface area contributed by atoms with E-state index in [-0.39, 0.29) is 24.2 Å². The second-order valence-corrected chi connectivity index (χ2v) is 8.65. The maximum atomic E-state index is 13.0. The van der Waals surface area contributed by atoms with Crippen molar-refractivity contribution in [2.75, 3.05) is 52.4 Å². The van der Waals surface area contributed by atoms with Gasteiger partial charge >= 0.3 is 0 Å². The lowest BCUT2D eigenvalue weighted by Gasteiger charge is -2.34. The molecule has 1 atom stereocenters. The van der Waals surface area contributed by atoms with Gasteiger partial charge in [-0.2, -0.15) is 0 Å². The summed E-state index contributed by atoms with van der Waals surface area (Å²) in [6.45, 7) is 7.52. The summed E-state index contributed by atoms with van der Waals surface area (Å²) in [5, 5.41) is 3.40. The Morgan fingerprint density at radius 2 is 1.57 bits per heavy atom. The van der Waals surface area contributed by atoms with Crippen molar-refractivity contribution in [1.82, 2.24) is 20.0 Å². The van der Waals surface area contributed by atoms with E-state index < -0.39 is 0 Å². The highest BCUT2D eigenvalue weighted by Gasteiger charge is 2.35. The fourth-order valence-corrected chi connectivity index (χ4v) is 4.98. The van der Waals surface area contributed by atoms with Crippen LogP contribution in [-0.4, -0.2) is 84.9 Å². The molecular formula is C23H35ClN4O2. The summed E-state index contributed by atoms with van der Waals surface area (Å²) in [4.78, 5) is 32.1. The number of rotatable bonds is 5. The summed E-state index contributed by atoms with van der Waals surface area (Å²) in [5.74, 6) is 0.633. The number of piperidine rings is 1. The van der Waals surface area contributed by atoms with Crippen molar-refractivity contribution in [3.63, 3.8) is 0 Å². The Hall–Kier alpha value is -1.63. The molecule has 0 spiro atoms. The molecule has 3 saturated heterocycles. The first-order valence-corrected chi connectivity index (χ1v) is 11.3. The van der Waals surface area contributed by atoms with E-state index in [0.29, 0.717) is 18.4 Å². The Labute approximate surface area is 186 Å². The van der Waals surface area contributed by atoms with Gasteiger partial charge in [-0.1, -0.05) is 30.3 Å². The first-order valence-electron chi connectivity index (χ1n) is 11.3. The number of halogens is 1. The zero-order valence-electron chi connectivity index (χ0n) is 17.8. The summed E-state index contributed by atoms with van der Waals surface area (Å²) in [7, 11) is 0. The number of likely N-dealkylation sites (tertiary alicyclic amines) is 2. The van der Waals surface area contributed by atoms with Gasteiger partial charge in [-0.05, 0) is 31.2 Å². The van der Waals surface area contributed by atoms with E-state index in [4.69, 9.17) is 0 Å². The predicted octanol–water partition coefficient (Wildman–Crippen LogP) is 1.79. The second kappa shape index (κ2) is 11.1. The summed E-state index contributed by atoms with van der Waals surface area (Å²) in [5.41, 5.74) is 1.21. The molecule has 0 radical (unpaired) electrons. The normalized spacial score (nSPS) is 23.3. The summed E-state index contributed by atoms with van der Waals surface area (Å²) < 4.78 is 0. The lowest BCUT2D eigenvalue weighted by molar-refractivity contribution is -0.140. The number of nitrogens with one attached hydrogen (secondary N) is 1. The molecule has 4 rings (SSSR count). The Morgan fingerprint density at radius 1 is 0.900 bits per heavy atom. The number of carbonyl (C=O) groups is 2. The molecule has 0 saturated carbocycles. The molecule has 30 heavy (non-hydrogen) atoms. The Balaban J connectivity index is 0.00000256. The molecule has 1 N–H and O–H groups in total. The summed E-state index contributed by atoms with van der Waals surface area (Å²) in [6.07, 6.45) is 4.07. The molecule has 6 nitrogen and oxygen atoms in total. The molecular weight excluding hydrogens is 400 g/mol. The minimum atomic E-state index is 0. The van der Waals surface area contributed by atoms with Gasteiger partial charge in [-0.15, -0.1) is 12.4 Å². The predicted molar refractivity (Wildman–Crippen MR) is 121 cm³/mol. The Bertz CT molecular complexity index is 688. The van der Waals surface area contributed by atoms with Crippen molar-refractivity contribution < 1.29 is 9.59 Å². The fourth-order valence-electron chi connectivity index (χ4n) is 4.98. The third kappa shape index (κ3) is 5.74. The van der Waals surface area contributed by atoms with Crippen LogP contribution in [0.4, 0.5) is 0 Å². The van der Waals surface area contributed by atoms with Crippen LogP contribution in [0.2, 0.25) is 0 Å². The molecule has 1 aromatic carbocycles. The van der Waals surface area contributed by atoms with Crippen LogP contribution in [0.5, 0.6) is 0 Å². The smallest absolute Gasteiger partial charge is 0.225 e.